The first kappa shape index (κ1) is 11.3. The zero-order chi connectivity index (χ0) is 12.4. The summed E-state index contributed by atoms with van der Waals surface area (Å²) in [5.74, 6) is 0.266. The number of primary amides is 1. The van der Waals surface area contributed by atoms with Gasteiger partial charge in [0.15, 0.2) is 5.76 Å². The monoisotopic (exact) mass is 230 g/mol. The molecule has 0 spiro atoms. The molecule has 0 fully saturated rings. The quantitative estimate of drug-likeness (QED) is 0.878. The minimum Gasteiger partial charge on any atom is -0.451 e. The normalized spacial score (nSPS) is 10.2. The van der Waals surface area contributed by atoms with Crippen molar-refractivity contribution in [2.75, 3.05) is 19.0 Å². The lowest BCUT2D eigenvalue weighted by Crippen LogP contribution is -2.09. The second-order valence-electron chi connectivity index (χ2n) is 3.97. The van der Waals surface area contributed by atoms with Crippen LogP contribution in [0.5, 0.6) is 0 Å². The van der Waals surface area contributed by atoms with E-state index < -0.39 is 5.91 Å². The second kappa shape index (κ2) is 4.33. The van der Waals surface area contributed by atoms with Crippen molar-refractivity contribution < 1.29 is 9.21 Å². The molecule has 0 saturated carbocycles. The average Bonchev–Trinajstić information content (AvgIpc) is 2.78. The zero-order valence-electron chi connectivity index (χ0n) is 9.81. The summed E-state index contributed by atoms with van der Waals surface area (Å²) in [4.78, 5) is 12.9. The molecule has 1 aromatic carbocycles. The molecule has 2 rings (SSSR count). The number of amides is 1. The Hall–Kier alpha value is -2.23. The van der Waals surface area contributed by atoms with E-state index in [-0.39, 0.29) is 5.76 Å². The van der Waals surface area contributed by atoms with E-state index in [0.29, 0.717) is 5.76 Å². The van der Waals surface area contributed by atoms with Crippen LogP contribution in [0, 0.1) is 0 Å². The van der Waals surface area contributed by atoms with Crippen molar-refractivity contribution in [1.82, 2.24) is 0 Å². The number of furan rings is 1. The number of benzene rings is 1. The molecule has 0 aliphatic rings. The Morgan fingerprint density at radius 2 is 1.76 bits per heavy atom. The van der Waals surface area contributed by atoms with Crippen LogP contribution in [0.4, 0.5) is 5.69 Å². The third-order valence-corrected chi connectivity index (χ3v) is 2.52. The Bertz CT molecular complexity index is 527. The fourth-order valence-electron chi connectivity index (χ4n) is 1.55. The van der Waals surface area contributed by atoms with Crippen LogP contribution in [-0.2, 0) is 0 Å². The van der Waals surface area contributed by atoms with E-state index in [4.69, 9.17) is 10.2 Å². The maximum absolute atomic E-state index is 10.9. The summed E-state index contributed by atoms with van der Waals surface area (Å²) >= 11 is 0. The topological polar surface area (TPSA) is 59.5 Å². The van der Waals surface area contributed by atoms with Gasteiger partial charge in [0.2, 0.25) is 0 Å². The molecule has 17 heavy (non-hydrogen) atoms. The number of rotatable bonds is 3. The van der Waals surface area contributed by atoms with Gasteiger partial charge < -0.3 is 15.1 Å². The van der Waals surface area contributed by atoms with Crippen LogP contribution in [0.1, 0.15) is 10.6 Å². The molecule has 88 valence electrons. The van der Waals surface area contributed by atoms with Crippen LogP contribution in [-0.4, -0.2) is 20.0 Å². The van der Waals surface area contributed by atoms with E-state index in [9.17, 15) is 4.79 Å². The van der Waals surface area contributed by atoms with E-state index in [1.54, 1.807) is 12.1 Å². The van der Waals surface area contributed by atoms with E-state index in [2.05, 4.69) is 0 Å². The van der Waals surface area contributed by atoms with E-state index in [1.807, 2.05) is 43.3 Å². The van der Waals surface area contributed by atoms with Crippen LogP contribution < -0.4 is 10.6 Å². The summed E-state index contributed by atoms with van der Waals surface area (Å²) < 4.78 is 5.34. The van der Waals surface area contributed by atoms with Gasteiger partial charge in [0.05, 0.1) is 0 Å². The summed E-state index contributed by atoms with van der Waals surface area (Å²) in [6.07, 6.45) is 0. The predicted octanol–water partition coefficient (Wildman–Crippen LogP) is 2.11. The number of anilines is 1. The number of carbonyl (C=O) groups excluding carboxylic acids is 1. The molecule has 4 nitrogen and oxygen atoms in total. The van der Waals surface area contributed by atoms with Crippen molar-refractivity contribution in [2.45, 2.75) is 0 Å². The molecule has 0 saturated heterocycles. The Kier molecular flexibility index (Phi) is 2.87. The molecule has 0 aliphatic heterocycles. The lowest BCUT2D eigenvalue weighted by Gasteiger charge is -2.12. The number of nitrogens with zero attached hydrogens (tertiary/aromatic N) is 1. The first-order valence-corrected chi connectivity index (χ1v) is 5.25. The predicted molar refractivity (Wildman–Crippen MR) is 67.0 cm³/mol. The Labute approximate surface area is 99.6 Å². The number of nitrogens with two attached hydrogens (primary N) is 1. The Morgan fingerprint density at radius 1 is 1.12 bits per heavy atom. The number of hydrogen-bond donors (Lipinski definition) is 1. The molecule has 0 aliphatic carbocycles. The lowest BCUT2D eigenvalue weighted by atomic mass is 10.1. The highest BCUT2D eigenvalue weighted by molar-refractivity contribution is 5.90. The van der Waals surface area contributed by atoms with Crippen LogP contribution in [0.15, 0.2) is 40.8 Å². The smallest absolute Gasteiger partial charge is 0.284 e. The van der Waals surface area contributed by atoms with Crippen molar-refractivity contribution in [1.29, 1.82) is 0 Å². The lowest BCUT2D eigenvalue weighted by molar-refractivity contribution is 0.0974. The molecule has 2 aromatic rings. The van der Waals surface area contributed by atoms with Gasteiger partial charge in [-0.25, -0.2) is 0 Å². The molecule has 0 bridgehead atoms. The van der Waals surface area contributed by atoms with Gasteiger partial charge >= 0.3 is 0 Å². The van der Waals surface area contributed by atoms with Crippen LogP contribution in [0.25, 0.3) is 11.3 Å². The maximum Gasteiger partial charge on any atom is 0.284 e. The summed E-state index contributed by atoms with van der Waals surface area (Å²) in [5, 5.41) is 0. The third kappa shape index (κ3) is 2.30. The van der Waals surface area contributed by atoms with Crippen molar-refractivity contribution in [3.8, 4) is 11.3 Å². The van der Waals surface area contributed by atoms with Crippen LogP contribution >= 0.6 is 0 Å². The molecular weight excluding hydrogens is 216 g/mol. The van der Waals surface area contributed by atoms with Crippen molar-refractivity contribution in [3.63, 3.8) is 0 Å². The van der Waals surface area contributed by atoms with Gasteiger partial charge in [-0.05, 0) is 36.4 Å². The van der Waals surface area contributed by atoms with Crippen molar-refractivity contribution >= 4 is 11.6 Å². The fraction of sp³-hybridized carbons (Fsp3) is 0.154. The number of hydrogen-bond acceptors (Lipinski definition) is 3. The molecule has 4 heteroatoms. The zero-order valence-corrected chi connectivity index (χ0v) is 9.81. The minimum absolute atomic E-state index is 0.177. The second-order valence-corrected chi connectivity index (χ2v) is 3.97. The largest absolute Gasteiger partial charge is 0.451 e. The third-order valence-electron chi connectivity index (χ3n) is 2.52. The Balaban J connectivity index is 2.30. The van der Waals surface area contributed by atoms with Gasteiger partial charge in [-0.1, -0.05) is 0 Å². The van der Waals surface area contributed by atoms with Crippen molar-refractivity contribution in [2.24, 2.45) is 5.73 Å². The van der Waals surface area contributed by atoms with Gasteiger partial charge in [0, 0.05) is 25.3 Å². The molecule has 1 amide bonds. The molecule has 1 heterocycles. The van der Waals surface area contributed by atoms with Crippen LogP contribution in [0.2, 0.25) is 0 Å². The summed E-state index contributed by atoms with van der Waals surface area (Å²) in [7, 11) is 3.96. The Morgan fingerprint density at radius 3 is 2.24 bits per heavy atom. The highest BCUT2D eigenvalue weighted by Gasteiger charge is 2.08. The summed E-state index contributed by atoms with van der Waals surface area (Å²) in [5.41, 5.74) is 7.16. The van der Waals surface area contributed by atoms with Gasteiger partial charge in [-0.2, -0.15) is 0 Å². The number of carbonyl (C=O) groups is 1. The van der Waals surface area contributed by atoms with Gasteiger partial charge in [-0.15, -0.1) is 0 Å². The molecule has 0 unspecified atom stereocenters. The first-order valence-electron chi connectivity index (χ1n) is 5.25. The maximum atomic E-state index is 10.9. The standard InChI is InChI=1S/C13H14N2O2/c1-15(2)10-5-3-9(4-6-10)11-7-8-12(17-11)13(14)16/h3-8H,1-2H3,(H2,14,16). The van der Waals surface area contributed by atoms with Gasteiger partial charge in [0.1, 0.15) is 5.76 Å². The molecular formula is C13H14N2O2. The van der Waals surface area contributed by atoms with E-state index in [1.165, 1.54) is 0 Å². The molecule has 2 N–H and O–H groups in total. The van der Waals surface area contributed by atoms with Crippen LogP contribution in [0.3, 0.4) is 0 Å². The molecule has 0 radical (unpaired) electrons. The van der Waals surface area contributed by atoms with E-state index in [0.717, 1.165) is 11.3 Å². The fourth-order valence-corrected chi connectivity index (χ4v) is 1.55. The van der Waals surface area contributed by atoms with Crippen molar-refractivity contribution in [3.05, 3.63) is 42.2 Å². The van der Waals surface area contributed by atoms with Gasteiger partial charge in [0.25, 0.3) is 5.91 Å². The highest BCUT2D eigenvalue weighted by atomic mass is 16.3. The summed E-state index contributed by atoms with van der Waals surface area (Å²) in [6, 6.07) is 11.2. The minimum atomic E-state index is -0.554. The molecule has 1 aromatic heterocycles. The molecule has 0 atom stereocenters. The average molecular weight is 230 g/mol. The van der Waals surface area contributed by atoms with E-state index >= 15 is 0 Å². The highest BCUT2D eigenvalue weighted by Crippen LogP contribution is 2.24. The SMILES string of the molecule is CN(C)c1ccc(-c2ccc(C(N)=O)o2)cc1. The first-order chi connectivity index (χ1) is 8.08. The summed E-state index contributed by atoms with van der Waals surface area (Å²) in [6.45, 7) is 0. The van der Waals surface area contributed by atoms with Gasteiger partial charge in [-0.3, -0.25) is 4.79 Å².